The molecule has 0 bridgehead atoms. The summed E-state index contributed by atoms with van der Waals surface area (Å²) >= 11 is 0. The lowest BCUT2D eigenvalue weighted by molar-refractivity contribution is -0.121. The van der Waals surface area contributed by atoms with E-state index in [0.717, 1.165) is 0 Å². The van der Waals surface area contributed by atoms with Crippen molar-refractivity contribution in [2.24, 2.45) is 0 Å². The van der Waals surface area contributed by atoms with Crippen molar-refractivity contribution in [2.45, 2.75) is 13.0 Å². The van der Waals surface area contributed by atoms with Crippen molar-refractivity contribution in [3.05, 3.63) is 24.1 Å². The van der Waals surface area contributed by atoms with Crippen LogP contribution >= 0.6 is 0 Å². The van der Waals surface area contributed by atoms with Crippen molar-refractivity contribution in [2.75, 3.05) is 33.9 Å². The molecule has 1 saturated heterocycles. The van der Waals surface area contributed by atoms with Crippen molar-refractivity contribution in [1.29, 1.82) is 0 Å². The highest BCUT2D eigenvalue weighted by Crippen LogP contribution is 2.31. The Morgan fingerprint density at radius 1 is 1.33 bits per heavy atom. The number of hydrogen-bond donors (Lipinski definition) is 2. The van der Waals surface area contributed by atoms with Crippen LogP contribution in [0.5, 0.6) is 11.5 Å². The van der Waals surface area contributed by atoms with Gasteiger partial charge in [-0.25, -0.2) is 4.79 Å². The second-order valence-electron chi connectivity index (χ2n) is 5.87. The van der Waals surface area contributed by atoms with E-state index < -0.39 is 0 Å². The molecule has 2 aromatic rings. The Hall–Kier alpha value is -3.30. The van der Waals surface area contributed by atoms with Gasteiger partial charge in [0.25, 0.3) is 0 Å². The zero-order valence-corrected chi connectivity index (χ0v) is 15.2. The van der Waals surface area contributed by atoms with Crippen LogP contribution in [0, 0.1) is 0 Å². The normalized spacial score (nSPS) is 14.3. The molecular weight excluding hydrogens is 354 g/mol. The third-order valence-electron chi connectivity index (χ3n) is 4.05. The van der Waals surface area contributed by atoms with E-state index in [9.17, 15) is 9.59 Å². The van der Waals surface area contributed by atoms with E-state index in [1.54, 1.807) is 32.4 Å². The third kappa shape index (κ3) is 4.46. The molecule has 1 aromatic carbocycles. The highest BCUT2D eigenvalue weighted by molar-refractivity contribution is 5.84. The average Bonchev–Trinajstić information content (AvgIpc) is 3.06. The zero-order valence-electron chi connectivity index (χ0n) is 15.2. The standard InChI is InChI=1S/C17H21N5O5/c1-25-12-5-4-11(8-13(12)26-2)16-20-15(27-21-16)9-19-17(24)22-7-3-6-18-14(23)10-22/h4-5,8H,3,6-7,9-10H2,1-2H3,(H,18,23)(H,19,24). The molecule has 1 aliphatic heterocycles. The maximum Gasteiger partial charge on any atom is 0.318 e. The minimum Gasteiger partial charge on any atom is -0.493 e. The molecule has 2 N–H and O–H groups in total. The van der Waals surface area contributed by atoms with Crippen LogP contribution in [0.3, 0.4) is 0 Å². The summed E-state index contributed by atoms with van der Waals surface area (Å²) in [6.07, 6.45) is 0.711. The molecule has 2 heterocycles. The molecule has 1 aliphatic rings. The molecular formula is C17H21N5O5. The SMILES string of the molecule is COc1ccc(-c2noc(CNC(=O)N3CCCNC(=O)C3)n2)cc1OC. The quantitative estimate of drug-likeness (QED) is 0.793. The molecule has 0 radical (unpaired) electrons. The lowest BCUT2D eigenvalue weighted by Gasteiger charge is -2.18. The van der Waals surface area contributed by atoms with Crippen molar-refractivity contribution in [3.8, 4) is 22.9 Å². The molecule has 0 saturated carbocycles. The third-order valence-corrected chi connectivity index (χ3v) is 4.05. The zero-order chi connectivity index (χ0) is 19.2. The summed E-state index contributed by atoms with van der Waals surface area (Å²) in [5, 5.41) is 9.33. The van der Waals surface area contributed by atoms with Gasteiger partial charge in [0.15, 0.2) is 11.5 Å². The average molecular weight is 375 g/mol. The fourth-order valence-electron chi connectivity index (χ4n) is 2.66. The van der Waals surface area contributed by atoms with Crippen molar-refractivity contribution in [3.63, 3.8) is 0 Å². The van der Waals surface area contributed by atoms with Crippen LogP contribution in [0.25, 0.3) is 11.4 Å². The molecule has 3 amide bonds. The molecule has 0 atom stereocenters. The molecule has 1 fully saturated rings. The lowest BCUT2D eigenvalue weighted by Crippen LogP contribution is -2.43. The molecule has 0 unspecified atom stereocenters. The topological polar surface area (TPSA) is 119 Å². The molecule has 27 heavy (non-hydrogen) atoms. The number of nitrogens with zero attached hydrogens (tertiary/aromatic N) is 3. The molecule has 0 spiro atoms. The Labute approximate surface area is 155 Å². The van der Waals surface area contributed by atoms with E-state index in [1.807, 2.05) is 0 Å². The molecule has 10 nitrogen and oxygen atoms in total. The van der Waals surface area contributed by atoms with Crippen LogP contribution in [0.1, 0.15) is 12.3 Å². The van der Waals surface area contributed by atoms with Gasteiger partial charge in [-0.2, -0.15) is 4.98 Å². The van der Waals surface area contributed by atoms with Crippen molar-refractivity contribution >= 4 is 11.9 Å². The fraction of sp³-hybridized carbons (Fsp3) is 0.412. The smallest absolute Gasteiger partial charge is 0.318 e. The van der Waals surface area contributed by atoms with Crippen LogP contribution in [-0.4, -0.2) is 60.8 Å². The maximum absolute atomic E-state index is 12.2. The molecule has 10 heteroatoms. The number of amides is 3. The van der Waals surface area contributed by atoms with E-state index in [4.69, 9.17) is 14.0 Å². The first-order valence-corrected chi connectivity index (χ1v) is 8.45. The largest absolute Gasteiger partial charge is 0.493 e. The Kier molecular flexibility index (Phi) is 5.74. The van der Waals surface area contributed by atoms with E-state index in [2.05, 4.69) is 20.8 Å². The van der Waals surface area contributed by atoms with Gasteiger partial charge in [0.2, 0.25) is 17.6 Å². The number of benzene rings is 1. The first-order valence-electron chi connectivity index (χ1n) is 8.45. The first kappa shape index (κ1) is 18.5. The monoisotopic (exact) mass is 375 g/mol. The number of rotatable bonds is 5. The minimum absolute atomic E-state index is 0.0343. The van der Waals surface area contributed by atoms with Gasteiger partial charge in [0.05, 0.1) is 20.8 Å². The lowest BCUT2D eigenvalue weighted by atomic mass is 10.2. The number of methoxy groups -OCH3 is 2. The van der Waals surface area contributed by atoms with E-state index in [-0.39, 0.29) is 30.9 Å². The van der Waals surface area contributed by atoms with Gasteiger partial charge in [-0.15, -0.1) is 0 Å². The maximum atomic E-state index is 12.2. The summed E-state index contributed by atoms with van der Waals surface area (Å²) in [6.45, 7) is 1.18. The summed E-state index contributed by atoms with van der Waals surface area (Å²) in [4.78, 5) is 29.5. The van der Waals surface area contributed by atoms with E-state index in [1.165, 1.54) is 4.90 Å². The number of carbonyl (C=O) groups excluding carboxylic acids is 2. The number of carbonyl (C=O) groups is 2. The summed E-state index contributed by atoms with van der Waals surface area (Å²) in [5.74, 6) is 1.60. The van der Waals surface area contributed by atoms with Crippen LogP contribution in [0.2, 0.25) is 0 Å². The Morgan fingerprint density at radius 3 is 2.93 bits per heavy atom. The highest BCUT2D eigenvalue weighted by atomic mass is 16.5. The summed E-state index contributed by atoms with van der Waals surface area (Å²) in [5.41, 5.74) is 0.693. The van der Waals surface area contributed by atoms with Gasteiger partial charge in [0, 0.05) is 18.7 Å². The van der Waals surface area contributed by atoms with Gasteiger partial charge in [-0.3, -0.25) is 4.79 Å². The number of ether oxygens (including phenoxy) is 2. The number of hydrogen-bond acceptors (Lipinski definition) is 7. The van der Waals surface area contributed by atoms with Crippen LogP contribution < -0.4 is 20.1 Å². The Balaban J connectivity index is 1.62. The van der Waals surface area contributed by atoms with Gasteiger partial charge in [-0.1, -0.05) is 5.16 Å². The van der Waals surface area contributed by atoms with Gasteiger partial charge in [-0.05, 0) is 24.6 Å². The second-order valence-corrected chi connectivity index (χ2v) is 5.87. The highest BCUT2D eigenvalue weighted by Gasteiger charge is 2.20. The van der Waals surface area contributed by atoms with Gasteiger partial charge < -0.3 is 29.5 Å². The number of nitrogens with one attached hydrogen (secondary N) is 2. The van der Waals surface area contributed by atoms with Crippen LogP contribution in [-0.2, 0) is 11.3 Å². The Morgan fingerprint density at radius 2 is 2.15 bits per heavy atom. The summed E-state index contributed by atoms with van der Waals surface area (Å²) in [6, 6.07) is 4.92. The number of urea groups is 1. The predicted octanol–water partition coefficient (Wildman–Crippen LogP) is 0.785. The molecule has 144 valence electrons. The minimum atomic E-state index is -0.349. The summed E-state index contributed by atoms with van der Waals surface area (Å²) < 4.78 is 15.7. The van der Waals surface area contributed by atoms with Crippen LogP contribution in [0.15, 0.2) is 22.7 Å². The number of aromatic nitrogens is 2. The van der Waals surface area contributed by atoms with Crippen LogP contribution in [0.4, 0.5) is 4.79 Å². The second kappa shape index (κ2) is 8.39. The molecule has 0 aliphatic carbocycles. The van der Waals surface area contributed by atoms with Gasteiger partial charge >= 0.3 is 6.03 Å². The first-order chi connectivity index (χ1) is 13.1. The van der Waals surface area contributed by atoms with Crippen molar-refractivity contribution in [1.82, 2.24) is 25.7 Å². The Bertz CT molecular complexity index is 822. The van der Waals surface area contributed by atoms with E-state index >= 15 is 0 Å². The van der Waals surface area contributed by atoms with Crippen molar-refractivity contribution < 1.29 is 23.6 Å². The molecule has 3 rings (SSSR count). The summed E-state index contributed by atoms with van der Waals surface area (Å²) in [7, 11) is 3.10. The fourth-order valence-corrected chi connectivity index (χ4v) is 2.66. The predicted molar refractivity (Wildman–Crippen MR) is 94.3 cm³/mol. The van der Waals surface area contributed by atoms with E-state index in [0.29, 0.717) is 42.4 Å². The van der Waals surface area contributed by atoms with Gasteiger partial charge in [0.1, 0.15) is 6.54 Å². The molecule has 1 aromatic heterocycles.